The molecule has 0 unspecified atom stereocenters. The highest BCUT2D eigenvalue weighted by atomic mass is 35.5. The van der Waals surface area contributed by atoms with E-state index in [9.17, 15) is 0 Å². The van der Waals surface area contributed by atoms with Crippen LogP contribution in [-0.4, -0.2) is 45.1 Å². The van der Waals surface area contributed by atoms with Gasteiger partial charge in [0.2, 0.25) is 5.16 Å². The van der Waals surface area contributed by atoms with Crippen LogP contribution in [-0.2, 0) is 0 Å². The van der Waals surface area contributed by atoms with Gasteiger partial charge in [-0.1, -0.05) is 35.0 Å². The lowest BCUT2D eigenvalue weighted by molar-refractivity contribution is 0.362. The van der Waals surface area contributed by atoms with Crippen LogP contribution in [0, 0.1) is 6.92 Å². The lowest BCUT2D eigenvalue weighted by Gasteiger charge is -2.12. The molecule has 0 bridgehead atoms. The van der Waals surface area contributed by atoms with Crippen molar-refractivity contribution < 1.29 is 0 Å². The Kier molecular flexibility index (Phi) is 5.29. The van der Waals surface area contributed by atoms with E-state index >= 15 is 0 Å². The van der Waals surface area contributed by atoms with Gasteiger partial charge < -0.3 is 4.90 Å². The van der Waals surface area contributed by atoms with Crippen molar-refractivity contribution >= 4 is 35.0 Å². The van der Waals surface area contributed by atoms with E-state index in [0.717, 1.165) is 29.0 Å². The van der Waals surface area contributed by atoms with E-state index in [1.165, 1.54) is 25.9 Å². The van der Waals surface area contributed by atoms with Crippen molar-refractivity contribution in [3.8, 4) is 5.69 Å². The lowest BCUT2D eigenvalue weighted by Crippen LogP contribution is -2.21. The molecule has 0 radical (unpaired) electrons. The summed E-state index contributed by atoms with van der Waals surface area (Å²) in [6.07, 6.45) is 2.65. The molecular weight excluding hydrogens is 339 g/mol. The summed E-state index contributed by atoms with van der Waals surface area (Å²) in [7, 11) is 0. The lowest BCUT2D eigenvalue weighted by atomic mass is 10.3. The monoisotopic (exact) mass is 356 g/mol. The number of aromatic nitrogens is 3. The van der Waals surface area contributed by atoms with Gasteiger partial charge in [-0.15, -0.1) is 5.10 Å². The molecule has 3 rings (SSSR count). The zero-order valence-corrected chi connectivity index (χ0v) is 14.8. The zero-order valence-electron chi connectivity index (χ0n) is 12.4. The number of hydrogen-bond acceptors (Lipinski definition) is 4. The second-order valence-corrected chi connectivity index (χ2v) is 7.23. The normalized spacial score (nSPS) is 15.6. The van der Waals surface area contributed by atoms with Crippen LogP contribution in [0.3, 0.4) is 0 Å². The Morgan fingerprint density at radius 2 is 1.95 bits per heavy atom. The number of likely N-dealkylation sites (tertiary alicyclic amines) is 1. The van der Waals surface area contributed by atoms with E-state index in [4.69, 9.17) is 23.2 Å². The van der Waals surface area contributed by atoms with Crippen LogP contribution in [0.1, 0.15) is 18.7 Å². The predicted molar refractivity (Wildman–Crippen MR) is 92.5 cm³/mol. The fraction of sp³-hybridized carbons (Fsp3) is 0.467. The van der Waals surface area contributed by atoms with Crippen molar-refractivity contribution in [2.75, 3.05) is 25.4 Å². The first-order valence-corrected chi connectivity index (χ1v) is 9.12. The molecule has 1 aromatic carbocycles. The second kappa shape index (κ2) is 7.21. The number of halogens is 2. The van der Waals surface area contributed by atoms with Crippen LogP contribution in [0.15, 0.2) is 23.4 Å². The summed E-state index contributed by atoms with van der Waals surface area (Å²) in [4.78, 5) is 7.02. The number of aryl methyl sites for hydroxylation is 1. The maximum atomic E-state index is 6.07. The van der Waals surface area contributed by atoms with Crippen LogP contribution in [0.4, 0.5) is 0 Å². The van der Waals surface area contributed by atoms with Crippen LogP contribution in [0.25, 0.3) is 5.69 Å². The molecule has 0 atom stereocenters. The SMILES string of the molecule is Cc1nc(SCCN2CCCC2)nn1-c1ccc(Cl)c(Cl)c1. The van der Waals surface area contributed by atoms with Gasteiger partial charge in [-0.25, -0.2) is 9.67 Å². The Morgan fingerprint density at radius 1 is 1.18 bits per heavy atom. The summed E-state index contributed by atoms with van der Waals surface area (Å²) in [5, 5.41) is 6.44. The molecule has 1 fully saturated rings. The molecule has 1 aromatic heterocycles. The van der Waals surface area contributed by atoms with Crippen LogP contribution in [0.2, 0.25) is 10.0 Å². The molecule has 2 aromatic rings. The first-order chi connectivity index (χ1) is 10.6. The molecule has 1 aliphatic heterocycles. The Hall–Kier alpha value is -0.750. The summed E-state index contributed by atoms with van der Waals surface area (Å²) < 4.78 is 1.81. The minimum atomic E-state index is 0.525. The third-order valence-electron chi connectivity index (χ3n) is 3.73. The van der Waals surface area contributed by atoms with E-state index < -0.39 is 0 Å². The topological polar surface area (TPSA) is 34.0 Å². The van der Waals surface area contributed by atoms with Gasteiger partial charge in [0.1, 0.15) is 5.82 Å². The maximum Gasteiger partial charge on any atom is 0.209 e. The molecular formula is C15H18Cl2N4S. The standard InChI is InChI=1S/C15H18Cl2N4S/c1-11-18-15(22-9-8-20-6-2-3-7-20)19-21(11)12-4-5-13(16)14(17)10-12/h4-5,10H,2-3,6-9H2,1H3. The highest BCUT2D eigenvalue weighted by Gasteiger charge is 2.13. The van der Waals surface area contributed by atoms with Gasteiger partial charge in [0.15, 0.2) is 0 Å². The van der Waals surface area contributed by atoms with Crippen molar-refractivity contribution in [2.24, 2.45) is 0 Å². The van der Waals surface area contributed by atoms with Gasteiger partial charge in [-0.05, 0) is 51.1 Å². The summed E-state index contributed by atoms with van der Waals surface area (Å²) in [5.41, 5.74) is 0.880. The predicted octanol–water partition coefficient (Wildman–Crippen LogP) is 4.07. The third-order valence-corrected chi connectivity index (χ3v) is 5.29. The van der Waals surface area contributed by atoms with Crippen LogP contribution >= 0.6 is 35.0 Å². The Morgan fingerprint density at radius 3 is 2.68 bits per heavy atom. The first-order valence-electron chi connectivity index (χ1n) is 7.38. The second-order valence-electron chi connectivity index (χ2n) is 5.35. The molecule has 1 saturated heterocycles. The fourth-order valence-electron chi connectivity index (χ4n) is 2.56. The molecule has 0 saturated carbocycles. The van der Waals surface area contributed by atoms with Gasteiger partial charge in [0, 0.05) is 12.3 Å². The van der Waals surface area contributed by atoms with Gasteiger partial charge in [0.05, 0.1) is 15.7 Å². The van der Waals surface area contributed by atoms with E-state index in [0.29, 0.717) is 10.0 Å². The number of hydrogen-bond donors (Lipinski definition) is 0. The Labute approximate surface area is 144 Å². The summed E-state index contributed by atoms with van der Waals surface area (Å²) in [6.45, 7) is 5.50. The summed E-state index contributed by atoms with van der Waals surface area (Å²) >= 11 is 13.7. The highest BCUT2D eigenvalue weighted by molar-refractivity contribution is 7.99. The van der Waals surface area contributed by atoms with E-state index in [2.05, 4.69) is 15.0 Å². The number of benzene rings is 1. The first kappa shape index (κ1) is 16.1. The minimum absolute atomic E-state index is 0.525. The maximum absolute atomic E-state index is 6.07. The van der Waals surface area contributed by atoms with Crippen molar-refractivity contribution in [3.63, 3.8) is 0 Å². The van der Waals surface area contributed by atoms with Crippen molar-refractivity contribution in [2.45, 2.75) is 24.9 Å². The third kappa shape index (κ3) is 3.77. The van der Waals surface area contributed by atoms with Gasteiger partial charge in [-0.3, -0.25) is 0 Å². The summed E-state index contributed by atoms with van der Waals surface area (Å²) in [6, 6.07) is 5.49. The molecule has 1 aliphatic rings. The van der Waals surface area contributed by atoms with Crippen molar-refractivity contribution in [1.82, 2.24) is 19.7 Å². The Bertz CT molecular complexity index is 653. The molecule has 0 spiro atoms. The van der Waals surface area contributed by atoms with Gasteiger partial charge >= 0.3 is 0 Å². The fourth-order valence-corrected chi connectivity index (χ4v) is 3.72. The Balaban J connectivity index is 1.66. The van der Waals surface area contributed by atoms with E-state index in [1.54, 1.807) is 22.5 Å². The average molecular weight is 357 g/mol. The van der Waals surface area contributed by atoms with Crippen LogP contribution < -0.4 is 0 Å². The molecule has 4 nitrogen and oxygen atoms in total. The molecule has 118 valence electrons. The largest absolute Gasteiger partial charge is 0.303 e. The number of thioether (sulfide) groups is 1. The number of nitrogens with zero attached hydrogens (tertiary/aromatic N) is 4. The zero-order chi connectivity index (χ0) is 15.5. The molecule has 0 amide bonds. The van der Waals surface area contributed by atoms with E-state index in [1.807, 2.05) is 19.1 Å². The van der Waals surface area contributed by atoms with E-state index in [-0.39, 0.29) is 0 Å². The molecule has 2 heterocycles. The molecule has 7 heteroatoms. The molecule has 0 N–H and O–H groups in total. The van der Waals surface area contributed by atoms with Gasteiger partial charge in [-0.2, -0.15) is 0 Å². The molecule has 0 aliphatic carbocycles. The smallest absolute Gasteiger partial charge is 0.209 e. The average Bonchev–Trinajstić information content (AvgIpc) is 3.12. The summed E-state index contributed by atoms with van der Waals surface area (Å²) in [5.74, 6) is 1.87. The van der Waals surface area contributed by atoms with Crippen molar-refractivity contribution in [1.29, 1.82) is 0 Å². The highest BCUT2D eigenvalue weighted by Crippen LogP contribution is 2.25. The quantitative estimate of drug-likeness (QED) is 0.756. The van der Waals surface area contributed by atoms with Crippen LogP contribution in [0.5, 0.6) is 0 Å². The van der Waals surface area contributed by atoms with Gasteiger partial charge in [0.25, 0.3) is 0 Å². The number of rotatable bonds is 5. The minimum Gasteiger partial charge on any atom is -0.303 e. The van der Waals surface area contributed by atoms with Crippen molar-refractivity contribution in [3.05, 3.63) is 34.1 Å². The molecule has 22 heavy (non-hydrogen) atoms.